The maximum absolute atomic E-state index is 11.2. The van der Waals surface area contributed by atoms with E-state index in [1.807, 2.05) is 6.92 Å². The molecule has 0 N–H and O–H groups in total. The van der Waals surface area contributed by atoms with Gasteiger partial charge in [0, 0.05) is 6.42 Å². The van der Waals surface area contributed by atoms with Gasteiger partial charge in [0.15, 0.2) is 5.75 Å². The Bertz CT molecular complexity index is 307. The van der Waals surface area contributed by atoms with Crippen molar-refractivity contribution in [3.05, 3.63) is 24.3 Å². The van der Waals surface area contributed by atoms with Crippen molar-refractivity contribution in [1.82, 2.24) is 0 Å². The van der Waals surface area contributed by atoms with Crippen LogP contribution in [0, 0.1) is 0 Å². The molecule has 0 heterocycles. The number of para-hydroxylation sites is 2. The van der Waals surface area contributed by atoms with Crippen LogP contribution in [0.3, 0.4) is 0 Å². The second-order valence-electron chi connectivity index (χ2n) is 3.02. The predicted octanol–water partition coefficient (Wildman–Crippen LogP) is 2.93. The van der Waals surface area contributed by atoms with Crippen molar-refractivity contribution in [2.75, 3.05) is 0 Å². The zero-order valence-corrected chi connectivity index (χ0v) is 8.16. The number of ether oxygens (including phenoxy) is 1. The number of rotatable bonds is 4. The average molecular weight is 193 g/mol. The molecule has 1 aromatic rings. The van der Waals surface area contributed by atoms with Crippen molar-refractivity contribution in [2.24, 2.45) is 0 Å². The second-order valence-corrected chi connectivity index (χ2v) is 3.02. The van der Waals surface area contributed by atoms with E-state index in [-0.39, 0.29) is 17.5 Å². The third kappa shape index (κ3) is 3.09. The summed E-state index contributed by atoms with van der Waals surface area (Å²) in [6, 6.07) is 6.17. The van der Waals surface area contributed by atoms with E-state index in [9.17, 15) is 9.90 Å². The number of carbonyl (C=O) groups excluding carboxylic acids is 1. The van der Waals surface area contributed by atoms with E-state index >= 15 is 0 Å². The van der Waals surface area contributed by atoms with Crippen LogP contribution in [0.5, 0.6) is 11.5 Å². The molecule has 3 heteroatoms. The van der Waals surface area contributed by atoms with Gasteiger partial charge >= 0.3 is 5.97 Å². The number of benzene rings is 1. The highest BCUT2D eigenvalue weighted by atomic mass is 16.5. The van der Waals surface area contributed by atoms with Crippen molar-refractivity contribution in [3.8, 4) is 11.5 Å². The predicted molar refractivity (Wildman–Crippen MR) is 51.7 cm³/mol. The summed E-state index contributed by atoms with van der Waals surface area (Å²) in [6.45, 7) is 1.99. The fraction of sp³-hybridized carbons (Fsp3) is 0.364. The van der Waals surface area contributed by atoms with Gasteiger partial charge in [-0.15, -0.1) is 0 Å². The van der Waals surface area contributed by atoms with Gasteiger partial charge in [-0.3, -0.25) is 9.90 Å². The highest BCUT2D eigenvalue weighted by Crippen LogP contribution is 2.25. The van der Waals surface area contributed by atoms with Crippen LogP contribution in [-0.2, 0) is 9.90 Å². The highest BCUT2D eigenvalue weighted by Gasteiger charge is 2.08. The molecule has 1 aromatic carbocycles. The molecular formula is C11H13O3. The lowest BCUT2D eigenvalue weighted by Crippen LogP contribution is -2.07. The minimum Gasteiger partial charge on any atom is -0.422 e. The van der Waals surface area contributed by atoms with Gasteiger partial charge in [-0.05, 0) is 18.6 Å². The first-order valence-electron chi connectivity index (χ1n) is 4.70. The molecule has 0 aliphatic rings. The molecule has 3 nitrogen and oxygen atoms in total. The first-order chi connectivity index (χ1) is 6.74. The van der Waals surface area contributed by atoms with Crippen LogP contribution in [0.2, 0.25) is 0 Å². The second kappa shape index (κ2) is 5.27. The van der Waals surface area contributed by atoms with E-state index in [0.29, 0.717) is 6.42 Å². The van der Waals surface area contributed by atoms with Crippen molar-refractivity contribution in [2.45, 2.75) is 26.2 Å². The van der Waals surface area contributed by atoms with Crippen LogP contribution in [0.15, 0.2) is 24.3 Å². The van der Waals surface area contributed by atoms with Gasteiger partial charge in [-0.1, -0.05) is 25.5 Å². The van der Waals surface area contributed by atoms with Crippen LogP contribution in [0.25, 0.3) is 0 Å². The Kier molecular flexibility index (Phi) is 3.98. The maximum Gasteiger partial charge on any atom is 0.311 e. The van der Waals surface area contributed by atoms with Crippen LogP contribution < -0.4 is 4.74 Å². The van der Waals surface area contributed by atoms with Crippen molar-refractivity contribution in [3.63, 3.8) is 0 Å². The topological polar surface area (TPSA) is 46.2 Å². The molecule has 0 saturated heterocycles. The third-order valence-electron chi connectivity index (χ3n) is 1.81. The molecule has 0 aliphatic carbocycles. The Hall–Kier alpha value is -1.51. The summed E-state index contributed by atoms with van der Waals surface area (Å²) in [6.07, 6.45) is 2.10. The Morgan fingerprint density at radius 2 is 2.07 bits per heavy atom. The van der Waals surface area contributed by atoms with Crippen LogP contribution in [0.1, 0.15) is 26.2 Å². The molecule has 0 saturated carbocycles. The summed E-state index contributed by atoms with van der Waals surface area (Å²) >= 11 is 0. The molecule has 14 heavy (non-hydrogen) atoms. The summed E-state index contributed by atoms with van der Waals surface area (Å²) in [5.41, 5.74) is 0. The van der Waals surface area contributed by atoms with Gasteiger partial charge in [0.2, 0.25) is 5.75 Å². The quantitative estimate of drug-likeness (QED) is 0.545. The Morgan fingerprint density at radius 1 is 1.36 bits per heavy atom. The lowest BCUT2D eigenvalue weighted by Gasteiger charge is -2.03. The van der Waals surface area contributed by atoms with E-state index in [1.165, 1.54) is 12.1 Å². The largest absolute Gasteiger partial charge is 0.422 e. The third-order valence-corrected chi connectivity index (χ3v) is 1.81. The van der Waals surface area contributed by atoms with E-state index in [0.717, 1.165) is 12.8 Å². The standard InChI is InChI=1S/C11H13O3/c1-2-3-8-11(13)14-10-7-5-4-6-9(10)12/h4-7H,2-3,8H2,1H3. The van der Waals surface area contributed by atoms with E-state index < -0.39 is 0 Å². The summed E-state index contributed by atoms with van der Waals surface area (Å²) in [4.78, 5) is 11.2. The number of carbonyl (C=O) groups is 1. The average Bonchev–Trinajstić information content (AvgIpc) is 2.18. The van der Waals surface area contributed by atoms with Crippen molar-refractivity contribution < 1.29 is 14.6 Å². The number of esters is 1. The van der Waals surface area contributed by atoms with Gasteiger partial charge in [0.25, 0.3) is 0 Å². The van der Waals surface area contributed by atoms with Crippen molar-refractivity contribution >= 4 is 5.97 Å². The molecule has 0 unspecified atom stereocenters. The molecule has 0 spiro atoms. The molecule has 0 aliphatic heterocycles. The molecule has 75 valence electrons. The molecule has 0 atom stereocenters. The summed E-state index contributed by atoms with van der Waals surface area (Å²) in [5.74, 6) is -0.471. The fourth-order valence-electron chi connectivity index (χ4n) is 1.03. The van der Waals surface area contributed by atoms with Crippen LogP contribution in [0.4, 0.5) is 0 Å². The minimum atomic E-state index is -0.338. The normalized spacial score (nSPS) is 9.79. The maximum atomic E-state index is 11.2. The lowest BCUT2D eigenvalue weighted by molar-refractivity contribution is -0.134. The zero-order valence-electron chi connectivity index (χ0n) is 8.16. The summed E-state index contributed by atoms with van der Waals surface area (Å²) in [7, 11) is 0. The van der Waals surface area contributed by atoms with Gasteiger partial charge in [0.1, 0.15) is 0 Å². The van der Waals surface area contributed by atoms with Crippen LogP contribution >= 0.6 is 0 Å². The lowest BCUT2D eigenvalue weighted by atomic mass is 10.2. The molecular weight excluding hydrogens is 180 g/mol. The van der Waals surface area contributed by atoms with Crippen LogP contribution in [-0.4, -0.2) is 5.97 Å². The van der Waals surface area contributed by atoms with Gasteiger partial charge in [-0.2, -0.15) is 0 Å². The first-order valence-corrected chi connectivity index (χ1v) is 4.70. The molecule has 0 fully saturated rings. The Morgan fingerprint density at radius 3 is 2.71 bits per heavy atom. The van der Waals surface area contributed by atoms with E-state index in [1.54, 1.807) is 12.1 Å². The monoisotopic (exact) mass is 193 g/mol. The smallest absolute Gasteiger partial charge is 0.311 e. The summed E-state index contributed by atoms with van der Waals surface area (Å²) in [5, 5.41) is 11.2. The highest BCUT2D eigenvalue weighted by molar-refractivity contribution is 5.73. The molecule has 0 aromatic heterocycles. The SMILES string of the molecule is CCCCC(=O)Oc1ccccc1[O]. The zero-order chi connectivity index (χ0) is 10.4. The number of hydrogen-bond acceptors (Lipinski definition) is 2. The van der Waals surface area contributed by atoms with Gasteiger partial charge < -0.3 is 4.74 Å². The minimum absolute atomic E-state index is 0.119. The Labute approximate surface area is 83.3 Å². The summed E-state index contributed by atoms with van der Waals surface area (Å²) < 4.78 is 4.90. The van der Waals surface area contributed by atoms with E-state index in [2.05, 4.69) is 0 Å². The first kappa shape index (κ1) is 10.6. The molecule has 1 radical (unpaired) electrons. The van der Waals surface area contributed by atoms with Crippen molar-refractivity contribution in [1.29, 1.82) is 0 Å². The Balaban J connectivity index is 2.52. The molecule has 0 bridgehead atoms. The van der Waals surface area contributed by atoms with Gasteiger partial charge in [0.05, 0.1) is 0 Å². The molecule has 0 amide bonds. The molecule has 1 rings (SSSR count). The van der Waals surface area contributed by atoms with E-state index in [4.69, 9.17) is 4.74 Å². The number of hydrogen-bond donors (Lipinski definition) is 0. The van der Waals surface area contributed by atoms with Gasteiger partial charge in [-0.25, -0.2) is 0 Å². The number of unbranched alkanes of at least 4 members (excludes halogenated alkanes) is 1. The fourth-order valence-corrected chi connectivity index (χ4v) is 1.03.